The lowest BCUT2D eigenvalue weighted by atomic mass is 10.0. The van der Waals surface area contributed by atoms with E-state index in [4.69, 9.17) is 19.6 Å². The average Bonchev–Trinajstić information content (AvgIpc) is 3.19. The van der Waals surface area contributed by atoms with Gasteiger partial charge >= 0.3 is 6.03 Å². The number of benzene rings is 1. The predicted octanol–water partition coefficient (Wildman–Crippen LogP) is 5.07. The van der Waals surface area contributed by atoms with Gasteiger partial charge in [-0.05, 0) is 62.9 Å². The van der Waals surface area contributed by atoms with Crippen LogP contribution in [0.5, 0.6) is 0 Å². The summed E-state index contributed by atoms with van der Waals surface area (Å²) in [5.41, 5.74) is 8.36. The van der Waals surface area contributed by atoms with E-state index in [2.05, 4.69) is 28.0 Å². The monoisotopic (exact) mass is 490 g/mol. The first-order valence-electron chi connectivity index (χ1n) is 12.8. The molecule has 0 atom stereocenters. The van der Waals surface area contributed by atoms with E-state index < -0.39 is 6.03 Å². The molecule has 0 spiro atoms. The molecule has 0 radical (unpaired) electrons. The number of amides is 2. The number of primary amides is 1. The van der Waals surface area contributed by atoms with Crippen molar-refractivity contribution in [3.8, 4) is 0 Å². The fraction of sp³-hybridized carbons (Fsp3) is 0.393. The molecule has 8 nitrogen and oxygen atoms in total. The van der Waals surface area contributed by atoms with Crippen LogP contribution >= 0.6 is 0 Å². The van der Waals surface area contributed by atoms with Crippen LogP contribution in [0.2, 0.25) is 0 Å². The molecule has 5 rings (SSSR count). The second-order valence-corrected chi connectivity index (χ2v) is 9.33. The van der Waals surface area contributed by atoms with Gasteiger partial charge in [-0.3, -0.25) is 4.90 Å². The van der Waals surface area contributed by atoms with Gasteiger partial charge in [0.1, 0.15) is 18.1 Å². The zero-order chi connectivity index (χ0) is 24.7. The Balaban J connectivity index is 1.09. The number of urea groups is 1. The van der Waals surface area contributed by atoms with E-state index in [0.29, 0.717) is 6.54 Å². The number of para-hydroxylation sites is 1. The summed E-state index contributed by atoms with van der Waals surface area (Å²) in [5.74, 6) is 1.59. The van der Waals surface area contributed by atoms with Crippen LogP contribution in [0.1, 0.15) is 32.1 Å². The Bertz CT molecular complexity index is 1200. The molecule has 2 aromatic rings. The van der Waals surface area contributed by atoms with E-state index in [9.17, 15) is 4.79 Å². The standard InChI is InChI=1S/C28H34N4O4/c29-28(33)32(24-19-35-25-12-5-4-11-23(24)25)16-7-6-13-30-14-8-15-31(18-17-30)27-21-34-20-26(36-27)22-9-2-1-3-10-22/h1-2,4-5,9,11-12,19-21H,3,6-8,10,13-18H2,(H2,29,33). The van der Waals surface area contributed by atoms with E-state index in [0.717, 1.165) is 93.1 Å². The van der Waals surface area contributed by atoms with Crippen LogP contribution in [0.15, 0.2) is 82.9 Å². The largest absolute Gasteiger partial charge is 0.463 e. The number of nitrogens with zero attached hydrogens (tertiary/aromatic N) is 3. The van der Waals surface area contributed by atoms with Gasteiger partial charge in [0.15, 0.2) is 12.0 Å². The average molecular weight is 491 g/mol. The van der Waals surface area contributed by atoms with E-state index in [1.54, 1.807) is 23.7 Å². The third-order valence-electron chi connectivity index (χ3n) is 6.91. The van der Waals surface area contributed by atoms with Crippen molar-refractivity contribution in [1.29, 1.82) is 0 Å². The van der Waals surface area contributed by atoms with Gasteiger partial charge in [0.05, 0.1) is 5.69 Å². The number of hydrogen-bond acceptors (Lipinski definition) is 6. The third-order valence-corrected chi connectivity index (χ3v) is 6.91. The van der Waals surface area contributed by atoms with Crippen molar-refractivity contribution < 1.29 is 18.7 Å². The van der Waals surface area contributed by atoms with Crippen LogP contribution in [0.25, 0.3) is 11.0 Å². The van der Waals surface area contributed by atoms with E-state index in [-0.39, 0.29) is 0 Å². The Kier molecular flexibility index (Phi) is 7.61. The minimum Gasteiger partial charge on any atom is -0.463 e. The maximum Gasteiger partial charge on any atom is 0.319 e. The first-order chi connectivity index (χ1) is 17.7. The SMILES string of the molecule is NC(=O)N(CCCCN1CCCN(C2=COC=C(C3=CC=CCC3)O2)CC1)c1coc2ccccc12. The summed E-state index contributed by atoms with van der Waals surface area (Å²) in [6, 6.07) is 7.24. The van der Waals surface area contributed by atoms with Crippen LogP contribution in [-0.2, 0) is 9.47 Å². The number of furan rings is 1. The highest BCUT2D eigenvalue weighted by atomic mass is 16.6. The fourth-order valence-electron chi connectivity index (χ4n) is 4.95. The van der Waals surface area contributed by atoms with Crippen molar-refractivity contribution in [3.63, 3.8) is 0 Å². The summed E-state index contributed by atoms with van der Waals surface area (Å²) in [6.45, 7) is 5.35. The second-order valence-electron chi connectivity index (χ2n) is 9.33. The molecule has 1 aromatic carbocycles. The molecule has 3 heterocycles. The van der Waals surface area contributed by atoms with Gasteiger partial charge in [0, 0.05) is 31.6 Å². The molecular weight excluding hydrogens is 456 g/mol. The predicted molar refractivity (Wildman–Crippen MR) is 140 cm³/mol. The van der Waals surface area contributed by atoms with Crippen molar-refractivity contribution in [2.24, 2.45) is 5.73 Å². The Morgan fingerprint density at radius 3 is 2.86 bits per heavy atom. The molecule has 1 fully saturated rings. The van der Waals surface area contributed by atoms with Crippen molar-refractivity contribution >= 4 is 22.7 Å². The maximum absolute atomic E-state index is 12.1. The van der Waals surface area contributed by atoms with Crippen LogP contribution in [0.3, 0.4) is 0 Å². The van der Waals surface area contributed by atoms with E-state index in [1.165, 1.54) is 5.57 Å². The van der Waals surface area contributed by atoms with Crippen molar-refractivity contribution in [3.05, 3.63) is 78.5 Å². The van der Waals surface area contributed by atoms with Crippen molar-refractivity contribution in [2.75, 3.05) is 44.2 Å². The van der Waals surface area contributed by atoms with Crippen molar-refractivity contribution in [1.82, 2.24) is 9.80 Å². The van der Waals surface area contributed by atoms with Gasteiger partial charge in [-0.1, -0.05) is 30.4 Å². The molecular formula is C28H34N4O4. The molecule has 0 unspecified atom stereocenters. The molecule has 1 aromatic heterocycles. The molecule has 1 saturated heterocycles. The lowest BCUT2D eigenvalue weighted by molar-refractivity contribution is 0.127. The number of allylic oxidation sites excluding steroid dienone is 4. The van der Waals surface area contributed by atoms with Crippen LogP contribution in [0.4, 0.5) is 10.5 Å². The smallest absolute Gasteiger partial charge is 0.319 e. The number of anilines is 1. The van der Waals surface area contributed by atoms with E-state index in [1.807, 2.05) is 24.3 Å². The highest BCUT2D eigenvalue weighted by Gasteiger charge is 2.23. The van der Waals surface area contributed by atoms with Crippen molar-refractivity contribution in [2.45, 2.75) is 32.1 Å². The number of carbonyl (C=O) groups excluding carboxylic acids is 1. The Morgan fingerprint density at radius 1 is 1.08 bits per heavy atom. The zero-order valence-corrected chi connectivity index (χ0v) is 20.6. The van der Waals surface area contributed by atoms with Gasteiger partial charge in [-0.25, -0.2) is 4.79 Å². The van der Waals surface area contributed by atoms with Gasteiger partial charge in [-0.15, -0.1) is 0 Å². The number of nitrogens with two attached hydrogens (primary N) is 1. The number of hydrogen-bond donors (Lipinski definition) is 1. The second kappa shape index (κ2) is 11.4. The summed E-state index contributed by atoms with van der Waals surface area (Å²) in [4.78, 5) is 18.5. The summed E-state index contributed by atoms with van der Waals surface area (Å²) >= 11 is 0. The summed E-state index contributed by atoms with van der Waals surface area (Å²) in [6.07, 6.45) is 16.3. The number of ether oxygens (including phenoxy) is 2. The Labute approximate surface area is 211 Å². The molecule has 0 saturated carbocycles. The summed E-state index contributed by atoms with van der Waals surface area (Å²) in [5, 5.41) is 0.904. The van der Waals surface area contributed by atoms with Gasteiger partial charge < -0.3 is 29.4 Å². The molecule has 190 valence electrons. The normalized spacial score (nSPS) is 18.6. The minimum absolute atomic E-state index is 0.455. The van der Waals surface area contributed by atoms with Gasteiger partial charge in [0.2, 0.25) is 5.88 Å². The molecule has 8 heteroatoms. The first kappa shape index (κ1) is 24.1. The third kappa shape index (κ3) is 5.60. The number of fused-ring (bicyclic) bond motifs is 1. The van der Waals surface area contributed by atoms with E-state index >= 15 is 0 Å². The van der Waals surface area contributed by atoms with Crippen LogP contribution in [0, 0.1) is 0 Å². The number of rotatable bonds is 8. The van der Waals surface area contributed by atoms with Crippen LogP contribution < -0.4 is 10.6 Å². The Hall–Kier alpha value is -3.65. The quantitative estimate of drug-likeness (QED) is 0.520. The summed E-state index contributed by atoms with van der Waals surface area (Å²) in [7, 11) is 0. The molecule has 2 N–H and O–H groups in total. The zero-order valence-electron chi connectivity index (χ0n) is 20.6. The lowest BCUT2D eigenvalue weighted by Crippen LogP contribution is -2.37. The molecule has 2 aliphatic heterocycles. The molecule has 3 aliphatic rings. The topological polar surface area (TPSA) is 84.4 Å². The van der Waals surface area contributed by atoms with Gasteiger partial charge in [0.25, 0.3) is 0 Å². The molecule has 0 bridgehead atoms. The molecule has 36 heavy (non-hydrogen) atoms. The maximum atomic E-state index is 12.1. The highest BCUT2D eigenvalue weighted by molar-refractivity contribution is 6.01. The molecule has 1 aliphatic carbocycles. The fourth-order valence-corrected chi connectivity index (χ4v) is 4.95. The number of unbranched alkanes of at least 4 members (excludes halogenated alkanes) is 1. The molecule has 2 amide bonds. The highest BCUT2D eigenvalue weighted by Crippen LogP contribution is 2.30. The van der Waals surface area contributed by atoms with Crippen LogP contribution in [-0.4, -0.2) is 55.1 Å². The Morgan fingerprint density at radius 2 is 2.00 bits per heavy atom. The van der Waals surface area contributed by atoms with Gasteiger partial charge in [-0.2, -0.15) is 0 Å². The summed E-state index contributed by atoms with van der Waals surface area (Å²) < 4.78 is 17.4. The minimum atomic E-state index is -0.455. The first-order valence-corrected chi connectivity index (χ1v) is 12.8. The lowest BCUT2D eigenvalue weighted by Gasteiger charge is -2.28. The number of carbonyl (C=O) groups is 1.